The molecule has 0 aliphatic carbocycles. The zero-order chi connectivity index (χ0) is 12.1. The lowest BCUT2D eigenvalue weighted by molar-refractivity contribution is -0.384. The first-order chi connectivity index (χ1) is 7.50. The zero-order valence-corrected chi connectivity index (χ0v) is 9.46. The fourth-order valence-electron chi connectivity index (χ4n) is 0.920. The summed E-state index contributed by atoms with van der Waals surface area (Å²) in [5, 5.41) is 14.3. The second-order valence-electron chi connectivity index (χ2n) is 2.70. The van der Waals surface area contributed by atoms with E-state index in [0.29, 0.717) is 5.56 Å². The van der Waals surface area contributed by atoms with Crippen LogP contribution in [0.15, 0.2) is 23.3 Å². The van der Waals surface area contributed by atoms with Gasteiger partial charge in [-0.1, -0.05) is 17.7 Å². The summed E-state index contributed by atoms with van der Waals surface area (Å²) in [6, 6.07) is 4.30. The van der Waals surface area contributed by atoms with Crippen LogP contribution in [0, 0.1) is 10.1 Å². The lowest BCUT2D eigenvalue weighted by Gasteiger charge is -1.97. The molecule has 0 aliphatic rings. The van der Waals surface area contributed by atoms with Crippen LogP contribution in [0.5, 0.6) is 0 Å². The summed E-state index contributed by atoms with van der Waals surface area (Å²) in [6.07, 6.45) is 1.35. The van der Waals surface area contributed by atoms with Crippen molar-refractivity contribution < 1.29 is 4.92 Å². The maximum atomic E-state index is 10.6. The van der Waals surface area contributed by atoms with E-state index >= 15 is 0 Å². The minimum atomic E-state index is -0.569. The topological polar surface area (TPSA) is 93.5 Å². The summed E-state index contributed by atoms with van der Waals surface area (Å²) in [4.78, 5) is 10.0. The molecule has 0 atom stereocenters. The van der Waals surface area contributed by atoms with Gasteiger partial charge in [0.1, 0.15) is 5.02 Å². The van der Waals surface area contributed by atoms with Gasteiger partial charge in [0.2, 0.25) is 0 Å². The summed E-state index contributed by atoms with van der Waals surface area (Å²) < 4.78 is 0. The lowest BCUT2D eigenvalue weighted by Crippen LogP contribution is -2.23. The minimum absolute atomic E-state index is 0.0136. The maximum absolute atomic E-state index is 10.6. The lowest BCUT2D eigenvalue weighted by atomic mass is 10.2. The number of rotatable bonds is 3. The van der Waals surface area contributed by atoms with Crippen molar-refractivity contribution in [3.05, 3.63) is 38.9 Å². The third-order valence-electron chi connectivity index (χ3n) is 1.56. The molecule has 0 spiro atoms. The Morgan fingerprint density at radius 3 is 2.94 bits per heavy atom. The minimum Gasteiger partial charge on any atom is -0.375 e. The number of nitrogens with zero attached hydrogens (tertiary/aromatic N) is 2. The second-order valence-corrected chi connectivity index (χ2v) is 3.55. The van der Waals surface area contributed by atoms with Crippen molar-refractivity contribution in [3.8, 4) is 0 Å². The van der Waals surface area contributed by atoms with Crippen LogP contribution < -0.4 is 11.2 Å². The van der Waals surface area contributed by atoms with Crippen molar-refractivity contribution in [2.24, 2.45) is 10.8 Å². The molecule has 0 aliphatic heterocycles. The Morgan fingerprint density at radius 1 is 1.69 bits per heavy atom. The van der Waals surface area contributed by atoms with Gasteiger partial charge in [-0.05, 0) is 18.3 Å². The summed E-state index contributed by atoms with van der Waals surface area (Å²) in [5.74, 6) is 0. The molecule has 0 fully saturated rings. The van der Waals surface area contributed by atoms with Crippen LogP contribution in [-0.4, -0.2) is 16.3 Å². The van der Waals surface area contributed by atoms with E-state index in [1.165, 1.54) is 18.3 Å². The predicted octanol–water partition coefficient (Wildman–Crippen LogP) is 1.42. The summed E-state index contributed by atoms with van der Waals surface area (Å²) in [7, 11) is 0. The van der Waals surface area contributed by atoms with Gasteiger partial charge >= 0.3 is 0 Å². The van der Waals surface area contributed by atoms with E-state index in [1.54, 1.807) is 6.07 Å². The smallest absolute Gasteiger partial charge is 0.288 e. The van der Waals surface area contributed by atoms with Crippen LogP contribution in [0.3, 0.4) is 0 Å². The van der Waals surface area contributed by atoms with Crippen molar-refractivity contribution in [1.82, 2.24) is 5.43 Å². The molecule has 8 heteroatoms. The molecular weight excluding hydrogens is 252 g/mol. The van der Waals surface area contributed by atoms with E-state index in [4.69, 9.17) is 17.3 Å². The predicted molar refractivity (Wildman–Crippen MR) is 65.6 cm³/mol. The average molecular weight is 259 g/mol. The Labute approximate surface area is 101 Å². The first kappa shape index (κ1) is 12.3. The summed E-state index contributed by atoms with van der Waals surface area (Å²) in [6.45, 7) is 0. The molecule has 0 radical (unpaired) electrons. The van der Waals surface area contributed by atoms with E-state index in [0.717, 1.165) is 0 Å². The number of nitro benzene ring substituents is 1. The van der Waals surface area contributed by atoms with Gasteiger partial charge < -0.3 is 5.73 Å². The number of hydrazone groups is 1. The van der Waals surface area contributed by atoms with Gasteiger partial charge in [0.05, 0.1) is 11.1 Å². The van der Waals surface area contributed by atoms with Crippen LogP contribution in [0.4, 0.5) is 5.69 Å². The van der Waals surface area contributed by atoms with E-state index in [2.05, 4.69) is 22.7 Å². The Hall–Kier alpha value is -1.73. The molecule has 0 heterocycles. The molecule has 0 saturated heterocycles. The molecular formula is C8H7ClN4O2S. The van der Waals surface area contributed by atoms with Gasteiger partial charge in [-0.15, -0.1) is 0 Å². The summed E-state index contributed by atoms with van der Waals surface area (Å²) >= 11 is 10.2. The first-order valence-electron chi connectivity index (χ1n) is 4.03. The quantitative estimate of drug-likeness (QED) is 0.370. The summed E-state index contributed by atoms with van der Waals surface area (Å²) in [5.41, 5.74) is 7.80. The van der Waals surface area contributed by atoms with E-state index in [-0.39, 0.29) is 15.8 Å². The number of nitrogens with one attached hydrogen (secondary N) is 1. The number of halogens is 1. The van der Waals surface area contributed by atoms with E-state index in [1.807, 2.05) is 0 Å². The number of hydrogen-bond donors (Lipinski definition) is 2. The fourth-order valence-corrected chi connectivity index (χ4v) is 1.16. The fraction of sp³-hybridized carbons (Fsp3) is 0. The van der Waals surface area contributed by atoms with Gasteiger partial charge in [0.15, 0.2) is 5.11 Å². The third kappa shape index (κ3) is 3.44. The Bertz CT molecular complexity index is 463. The normalized spacial score (nSPS) is 10.3. The van der Waals surface area contributed by atoms with Gasteiger partial charge in [0, 0.05) is 11.6 Å². The maximum Gasteiger partial charge on any atom is 0.288 e. The standard InChI is InChI=1S/C8H7ClN4O2S/c9-6-2-1-5(3-7(6)13(14)15)4-11-12-8(10)16/h1-4H,(H3,10,12,16)/b11-4+. The van der Waals surface area contributed by atoms with Gasteiger partial charge in [-0.2, -0.15) is 5.10 Å². The highest BCUT2D eigenvalue weighted by molar-refractivity contribution is 7.80. The van der Waals surface area contributed by atoms with Gasteiger partial charge in [0.25, 0.3) is 5.69 Å². The third-order valence-corrected chi connectivity index (χ3v) is 1.97. The van der Waals surface area contributed by atoms with Crippen molar-refractivity contribution in [2.75, 3.05) is 0 Å². The van der Waals surface area contributed by atoms with Crippen LogP contribution >= 0.6 is 23.8 Å². The van der Waals surface area contributed by atoms with Crippen molar-refractivity contribution >= 4 is 40.8 Å². The number of nitrogens with two attached hydrogens (primary N) is 1. The molecule has 1 rings (SSSR count). The Morgan fingerprint density at radius 2 is 2.38 bits per heavy atom. The molecule has 84 valence electrons. The van der Waals surface area contributed by atoms with E-state index in [9.17, 15) is 10.1 Å². The molecule has 1 aromatic rings. The largest absolute Gasteiger partial charge is 0.375 e. The van der Waals surface area contributed by atoms with Crippen LogP contribution in [-0.2, 0) is 0 Å². The molecule has 0 amide bonds. The molecule has 0 aromatic heterocycles. The van der Waals surface area contributed by atoms with Crippen molar-refractivity contribution in [1.29, 1.82) is 0 Å². The SMILES string of the molecule is NC(=S)N/N=C/c1ccc(Cl)c([N+](=O)[O-])c1. The van der Waals surface area contributed by atoms with Crippen LogP contribution in [0.2, 0.25) is 5.02 Å². The Balaban J connectivity index is 2.91. The molecule has 0 saturated carbocycles. The van der Waals surface area contributed by atoms with Crippen LogP contribution in [0.25, 0.3) is 0 Å². The van der Waals surface area contributed by atoms with Crippen LogP contribution in [0.1, 0.15) is 5.56 Å². The number of thiocarbonyl (C=S) groups is 1. The number of nitro groups is 1. The number of hydrogen-bond acceptors (Lipinski definition) is 4. The zero-order valence-electron chi connectivity index (χ0n) is 7.88. The first-order valence-corrected chi connectivity index (χ1v) is 4.82. The molecule has 0 bridgehead atoms. The number of benzene rings is 1. The van der Waals surface area contributed by atoms with Gasteiger partial charge in [-0.3, -0.25) is 15.5 Å². The average Bonchev–Trinajstić information content (AvgIpc) is 2.19. The van der Waals surface area contributed by atoms with Crippen molar-refractivity contribution in [3.63, 3.8) is 0 Å². The highest BCUT2D eigenvalue weighted by atomic mass is 35.5. The Kier molecular flexibility index (Phi) is 4.15. The highest BCUT2D eigenvalue weighted by Crippen LogP contribution is 2.24. The molecule has 16 heavy (non-hydrogen) atoms. The molecule has 0 unspecified atom stereocenters. The van der Waals surface area contributed by atoms with Gasteiger partial charge in [-0.25, -0.2) is 0 Å². The second kappa shape index (κ2) is 5.38. The van der Waals surface area contributed by atoms with Crippen molar-refractivity contribution in [2.45, 2.75) is 0 Å². The van der Waals surface area contributed by atoms with E-state index < -0.39 is 4.92 Å². The monoisotopic (exact) mass is 258 g/mol. The molecule has 1 aromatic carbocycles. The molecule has 3 N–H and O–H groups in total. The molecule has 6 nitrogen and oxygen atoms in total. The highest BCUT2D eigenvalue weighted by Gasteiger charge is 2.11.